The third-order valence-electron chi connectivity index (χ3n) is 4.45. The average Bonchev–Trinajstić information content (AvgIpc) is 2.30. The first kappa shape index (κ1) is 12.8. The fourth-order valence-electron chi connectivity index (χ4n) is 3.13. The van der Waals surface area contributed by atoms with Gasteiger partial charge in [0.05, 0.1) is 5.41 Å². The molecule has 0 aliphatic carbocycles. The maximum absolute atomic E-state index is 11.3. The van der Waals surface area contributed by atoms with Gasteiger partial charge >= 0.3 is 5.97 Å². The quantitative estimate of drug-likeness (QED) is 0.789. The van der Waals surface area contributed by atoms with Crippen molar-refractivity contribution in [3.63, 3.8) is 0 Å². The Balaban J connectivity index is 1.95. The predicted octanol–water partition coefficient (Wildman–Crippen LogP) is 1.27. The molecule has 0 spiro atoms. The summed E-state index contributed by atoms with van der Waals surface area (Å²) in [4.78, 5) is 16.1. The molecule has 4 heteroatoms. The Morgan fingerprint density at radius 3 is 2.53 bits per heavy atom. The molecule has 0 saturated carbocycles. The molecule has 2 aliphatic heterocycles. The number of hydrogen-bond acceptors (Lipinski definition) is 3. The van der Waals surface area contributed by atoms with Crippen LogP contribution in [0.3, 0.4) is 0 Å². The second kappa shape index (κ2) is 4.94. The lowest BCUT2D eigenvalue weighted by Gasteiger charge is -2.44. The molecule has 0 amide bonds. The molecule has 2 saturated heterocycles. The van der Waals surface area contributed by atoms with Gasteiger partial charge in [0.15, 0.2) is 0 Å². The molecular weight excluding hydrogens is 216 g/mol. The van der Waals surface area contributed by atoms with Crippen molar-refractivity contribution in [1.29, 1.82) is 0 Å². The Morgan fingerprint density at radius 1 is 1.29 bits per heavy atom. The van der Waals surface area contributed by atoms with Gasteiger partial charge in [-0.2, -0.15) is 0 Å². The first-order valence-electron chi connectivity index (χ1n) is 6.67. The molecule has 1 atom stereocenters. The maximum atomic E-state index is 11.3. The summed E-state index contributed by atoms with van der Waals surface area (Å²) in [5, 5.41) is 9.32. The van der Waals surface area contributed by atoms with Gasteiger partial charge in [-0.05, 0) is 59.3 Å². The van der Waals surface area contributed by atoms with E-state index in [1.807, 2.05) is 6.92 Å². The largest absolute Gasteiger partial charge is 0.481 e. The van der Waals surface area contributed by atoms with Crippen molar-refractivity contribution >= 4 is 5.97 Å². The number of piperidine rings is 2. The molecule has 2 rings (SSSR count). The molecule has 2 aliphatic rings. The molecule has 0 bridgehead atoms. The number of likely N-dealkylation sites (tertiary alicyclic amines) is 2. The summed E-state index contributed by atoms with van der Waals surface area (Å²) in [6, 6.07) is 0.602. The molecule has 2 fully saturated rings. The number of carboxylic acid groups (broad SMARTS) is 1. The van der Waals surface area contributed by atoms with Crippen molar-refractivity contribution in [1.82, 2.24) is 9.80 Å². The number of carboxylic acids is 1. The van der Waals surface area contributed by atoms with Crippen LogP contribution in [-0.4, -0.2) is 60.1 Å². The first-order chi connectivity index (χ1) is 8.01. The number of nitrogens with zero attached hydrogens (tertiary/aromatic N) is 2. The molecule has 0 aromatic heterocycles. The number of aliphatic carboxylic acids is 1. The summed E-state index contributed by atoms with van der Waals surface area (Å²) in [7, 11) is 2.16. The summed E-state index contributed by atoms with van der Waals surface area (Å²) in [5.74, 6) is -0.630. The van der Waals surface area contributed by atoms with Crippen molar-refractivity contribution in [2.45, 2.75) is 38.6 Å². The summed E-state index contributed by atoms with van der Waals surface area (Å²) < 4.78 is 0. The molecule has 0 aromatic carbocycles. The molecular formula is C13H24N2O2. The minimum atomic E-state index is -0.630. The Bertz CT molecular complexity index is 287. The van der Waals surface area contributed by atoms with E-state index >= 15 is 0 Å². The van der Waals surface area contributed by atoms with E-state index < -0.39 is 11.4 Å². The first-order valence-corrected chi connectivity index (χ1v) is 6.67. The smallest absolute Gasteiger partial charge is 0.310 e. The van der Waals surface area contributed by atoms with E-state index in [0.717, 1.165) is 39.0 Å². The summed E-state index contributed by atoms with van der Waals surface area (Å²) in [6.45, 7) is 6.00. The topological polar surface area (TPSA) is 43.8 Å². The summed E-state index contributed by atoms with van der Waals surface area (Å²) >= 11 is 0. The van der Waals surface area contributed by atoms with E-state index in [2.05, 4.69) is 16.8 Å². The average molecular weight is 240 g/mol. The van der Waals surface area contributed by atoms with Crippen LogP contribution in [-0.2, 0) is 4.79 Å². The molecule has 4 nitrogen and oxygen atoms in total. The monoisotopic (exact) mass is 240 g/mol. The third-order valence-corrected chi connectivity index (χ3v) is 4.45. The molecule has 1 unspecified atom stereocenters. The van der Waals surface area contributed by atoms with Crippen LogP contribution < -0.4 is 0 Å². The lowest BCUT2D eigenvalue weighted by Crippen LogP contribution is -2.52. The molecule has 2 heterocycles. The molecule has 1 N–H and O–H groups in total. The fourth-order valence-corrected chi connectivity index (χ4v) is 3.13. The van der Waals surface area contributed by atoms with E-state index in [1.165, 1.54) is 12.8 Å². The minimum absolute atomic E-state index is 0.526. The molecule has 98 valence electrons. The SMILES string of the molecule is CN1CCC(N2CCCC(C)(C(=O)O)C2)CC1. The van der Waals surface area contributed by atoms with Crippen LogP contribution in [0.5, 0.6) is 0 Å². The van der Waals surface area contributed by atoms with Crippen molar-refractivity contribution < 1.29 is 9.90 Å². The number of carbonyl (C=O) groups is 1. The van der Waals surface area contributed by atoms with E-state index in [0.29, 0.717) is 6.04 Å². The lowest BCUT2D eigenvalue weighted by molar-refractivity contribution is -0.152. The van der Waals surface area contributed by atoms with E-state index in [4.69, 9.17) is 0 Å². The van der Waals surface area contributed by atoms with Crippen molar-refractivity contribution in [2.75, 3.05) is 33.2 Å². The van der Waals surface area contributed by atoms with Gasteiger partial charge in [0.2, 0.25) is 0 Å². The van der Waals surface area contributed by atoms with Crippen LogP contribution in [0.1, 0.15) is 32.6 Å². The number of hydrogen-bond donors (Lipinski definition) is 1. The Morgan fingerprint density at radius 2 is 1.94 bits per heavy atom. The Hall–Kier alpha value is -0.610. The van der Waals surface area contributed by atoms with Gasteiger partial charge in [-0.15, -0.1) is 0 Å². The van der Waals surface area contributed by atoms with Gasteiger partial charge in [-0.3, -0.25) is 9.69 Å². The van der Waals surface area contributed by atoms with E-state index in [9.17, 15) is 9.90 Å². The zero-order chi connectivity index (χ0) is 12.5. The second-order valence-corrected chi connectivity index (χ2v) is 5.97. The van der Waals surface area contributed by atoms with Gasteiger partial charge in [0, 0.05) is 12.6 Å². The summed E-state index contributed by atoms with van der Waals surface area (Å²) in [6.07, 6.45) is 4.22. The van der Waals surface area contributed by atoms with Crippen molar-refractivity contribution in [3.8, 4) is 0 Å². The highest BCUT2D eigenvalue weighted by atomic mass is 16.4. The zero-order valence-electron chi connectivity index (χ0n) is 11.0. The van der Waals surface area contributed by atoms with E-state index in [-0.39, 0.29) is 0 Å². The maximum Gasteiger partial charge on any atom is 0.310 e. The minimum Gasteiger partial charge on any atom is -0.481 e. The Kier molecular flexibility index (Phi) is 3.73. The van der Waals surface area contributed by atoms with Gasteiger partial charge in [-0.25, -0.2) is 0 Å². The highest BCUT2D eigenvalue weighted by Crippen LogP contribution is 2.32. The van der Waals surface area contributed by atoms with Crippen LogP contribution in [0.4, 0.5) is 0 Å². The second-order valence-electron chi connectivity index (χ2n) is 5.97. The van der Waals surface area contributed by atoms with Gasteiger partial charge < -0.3 is 10.0 Å². The van der Waals surface area contributed by atoms with Gasteiger partial charge in [0.25, 0.3) is 0 Å². The molecule has 0 radical (unpaired) electrons. The Labute approximate surface area is 104 Å². The van der Waals surface area contributed by atoms with Crippen LogP contribution in [0.15, 0.2) is 0 Å². The zero-order valence-corrected chi connectivity index (χ0v) is 11.0. The van der Waals surface area contributed by atoms with Crippen LogP contribution in [0.2, 0.25) is 0 Å². The fraction of sp³-hybridized carbons (Fsp3) is 0.923. The molecule has 17 heavy (non-hydrogen) atoms. The predicted molar refractivity (Wildman–Crippen MR) is 67.1 cm³/mol. The van der Waals surface area contributed by atoms with Crippen molar-refractivity contribution in [2.24, 2.45) is 5.41 Å². The lowest BCUT2D eigenvalue weighted by atomic mass is 9.81. The highest BCUT2D eigenvalue weighted by molar-refractivity contribution is 5.74. The highest BCUT2D eigenvalue weighted by Gasteiger charge is 2.40. The standard InChI is InChI=1S/C13H24N2O2/c1-13(12(16)17)6-3-7-15(10-13)11-4-8-14(2)9-5-11/h11H,3-10H2,1-2H3,(H,16,17). The van der Waals surface area contributed by atoms with Gasteiger partial charge in [-0.1, -0.05) is 0 Å². The molecule has 0 aromatic rings. The van der Waals surface area contributed by atoms with E-state index in [1.54, 1.807) is 0 Å². The third kappa shape index (κ3) is 2.80. The van der Waals surface area contributed by atoms with Gasteiger partial charge in [0.1, 0.15) is 0 Å². The van der Waals surface area contributed by atoms with Crippen LogP contribution in [0, 0.1) is 5.41 Å². The van der Waals surface area contributed by atoms with Crippen molar-refractivity contribution in [3.05, 3.63) is 0 Å². The normalized spacial score (nSPS) is 33.8. The summed E-state index contributed by atoms with van der Waals surface area (Å²) in [5.41, 5.74) is -0.526. The number of rotatable bonds is 2. The van der Waals surface area contributed by atoms with Crippen LogP contribution in [0.25, 0.3) is 0 Å². The van der Waals surface area contributed by atoms with Crippen LogP contribution >= 0.6 is 0 Å².